The molecule has 0 aliphatic rings. The van der Waals surface area contributed by atoms with Crippen LogP contribution in [0.4, 0.5) is 0 Å². The first-order valence-electron chi connectivity index (χ1n) is 14.5. The fraction of sp³-hybridized carbons (Fsp3) is 0.162. The van der Waals surface area contributed by atoms with Crippen molar-refractivity contribution in [2.45, 2.75) is 41.0 Å². The van der Waals surface area contributed by atoms with E-state index in [9.17, 15) is 0 Å². The fourth-order valence-electron chi connectivity index (χ4n) is 4.80. The monoisotopic (exact) mass is 553 g/mol. The molecule has 0 spiro atoms. The highest BCUT2D eigenvalue weighted by Crippen LogP contribution is 2.33. The van der Waals surface area contributed by atoms with Gasteiger partial charge >= 0.3 is 0 Å². The smallest absolute Gasteiger partial charge is 0.163 e. The molecule has 0 radical (unpaired) electrons. The first-order valence-corrected chi connectivity index (χ1v) is 14.5. The van der Waals surface area contributed by atoms with E-state index in [1.807, 2.05) is 101 Å². The van der Waals surface area contributed by atoms with Gasteiger partial charge in [0.25, 0.3) is 0 Å². The molecule has 0 N–H and O–H groups in total. The van der Waals surface area contributed by atoms with E-state index in [2.05, 4.69) is 53.3 Å². The van der Waals surface area contributed by atoms with Gasteiger partial charge in [-0.2, -0.15) is 0 Å². The van der Waals surface area contributed by atoms with E-state index in [4.69, 9.17) is 13.8 Å². The summed E-state index contributed by atoms with van der Waals surface area (Å²) in [5, 5.41) is 4.26. The van der Waals surface area contributed by atoms with Gasteiger partial charge in [0.15, 0.2) is 11.6 Å². The van der Waals surface area contributed by atoms with Crippen LogP contribution in [0, 0.1) is 6.92 Å². The third-order valence-electron chi connectivity index (χ3n) is 6.69. The Morgan fingerprint density at radius 2 is 1.07 bits per heavy atom. The van der Waals surface area contributed by atoms with Crippen molar-refractivity contribution >= 4 is 43.9 Å². The van der Waals surface area contributed by atoms with Crippen LogP contribution in [0.3, 0.4) is 0 Å². The van der Waals surface area contributed by atoms with Gasteiger partial charge in [-0.25, -0.2) is 15.0 Å². The molecule has 3 aromatic heterocycles. The van der Waals surface area contributed by atoms with Gasteiger partial charge in [-0.3, -0.25) is 0 Å². The number of para-hydroxylation sites is 2. The van der Waals surface area contributed by atoms with Crippen LogP contribution in [0.5, 0.6) is 0 Å². The van der Waals surface area contributed by atoms with Crippen LogP contribution in [0.25, 0.3) is 66.7 Å². The number of furan rings is 2. The van der Waals surface area contributed by atoms with E-state index in [0.717, 1.165) is 61.4 Å². The van der Waals surface area contributed by atoms with Crippen molar-refractivity contribution in [1.82, 2.24) is 15.0 Å². The summed E-state index contributed by atoms with van der Waals surface area (Å²) in [7, 11) is 0. The highest BCUT2D eigenvalue weighted by molar-refractivity contribution is 6.07. The van der Waals surface area contributed by atoms with Crippen LogP contribution < -0.4 is 0 Å². The molecule has 42 heavy (non-hydrogen) atoms. The van der Waals surface area contributed by atoms with Gasteiger partial charge in [0.05, 0.1) is 0 Å². The van der Waals surface area contributed by atoms with Gasteiger partial charge in [0, 0.05) is 32.7 Å². The minimum absolute atomic E-state index is 0.641. The average molecular weight is 554 g/mol. The predicted molar refractivity (Wildman–Crippen MR) is 176 cm³/mol. The lowest BCUT2D eigenvalue weighted by atomic mass is 10.1. The van der Waals surface area contributed by atoms with E-state index in [1.165, 1.54) is 0 Å². The van der Waals surface area contributed by atoms with Crippen LogP contribution in [-0.2, 0) is 0 Å². The molecule has 5 heteroatoms. The molecule has 0 bridgehead atoms. The molecule has 0 aliphatic carbocycles. The number of aromatic nitrogens is 3. The van der Waals surface area contributed by atoms with Gasteiger partial charge in [-0.1, -0.05) is 81.5 Å². The number of allylic oxidation sites excluding steroid dienone is 4. The number of nitrogens with zero attached hydrogens (tertiary/aromatic N) is 3. The molecule has 0 saturated heterocycles. The number of aryl methyl sites for hydroxylation is 1. The maximum absolute atomic E-state index is 5.97. The molecule has 0 fully saturated rings. The quantitative estimate of drug-likeness (QED) is 0.203. The van der Waals surface area contributed by atoms with E-state index in [-0.39, 0.29) is 0 Å². The lowest BCUT2D eigenvalue weighted by Gasteiger charge is -2.06. The average Bonchev–Trinajstić information content (AvgIpc) is 3.60. The van der Waals surface area contributed by atoms with Crippen molar-refractivity contribution in [1.29, 1.82) is 0 Å². The number of hydrogen-bond acceptors (Lipinski definition) is 5. The molecule has 0 amide bonds. The Labute approximate surface area is 246 Å². The van der Waals surface area contributed by atoms with Gasteiger partial charge in [-0.05, 0) is 68.8 Å². The Balaban J connectivity index is 0.000000347. The van der Waals surface area contributed by atoms with Crippen molar-refractivity contribution in [3.05, 3.63) is 115 Å². The second kappa shape index (κ2) is 13.1. The minimum atomic E-state index is 0.641. The molecule has 7 rings (SSSR count). The molecular weight excluding hydrogens is 518 g/mol. The van der Waals surface area contributed by atoms with Gasteiger partial charge in [0.1, 0.15) is 28.2 Å². The zero-order valence-electron chi connectivity index (χ0n) is 24.8. The van der Waals surface area contributed by atoms with Crippen molar-refractivity contribution in [3.63, 3.8) is 0 Å². The molecule has 5 nitrogen and oxygen atoms in total. The maximum atomic E-state index is 5.97. The van der Waals surface area contributed by atoms with E-state index in [0.29, 0.717) is 17.5 Å². The summed E-state index contributed by atoms with van der Waals surface area (Å²) in [5.74, 6) is 1.95. The molecule has 3 heterocycles. The molecule has 0 atom stereocenters. The summed E-state index contributed by atoms with van der Waals surface area (Å²) in [6, 6.07) is 28.2. The van der Waals surface area contributed by atoms with Gasteiger partial charge in [-0.15, -0.1) is 0 Å². The van der Waals surface area contributed by atoms with E-state index >= 15 is 0 Å². The third kappa shape index (κ3) is 5.86. The highest BCUT2D eigenvalue weighted by Gasteiger charge is 2.14. The van der Waals surface area contributed by atoms with E-state index < -0.39 is 0 Å². The Morgan fingerprint density at radius 1 is 0.595 bits per heavy atom. The largest absolute Gasteiger partial charge is 0.456 e. The summed E-state index contributed by atoms with van der Waals surface area (Å²) >= 11 is 0. The second-order valence-electron chi connectivity index (χ2n) is 9.51. The zero-order chi connectivity index (χ0) is 29.5. The van der Waals surface area contributed by atoms with Crippen LogP contribution >= 0.6 is 0 Å². The molecule has 210 valence electrons. The normalized spacial score (nSPS) is 11.4. The highest BCUT2D eigenvalue weighted by atomic mass is 16.3. The molecule has 0 unspecified atom stereocenters. The minimum Gasteiger partial charge on any atom is -0.456 e. The molecule has 0 saturated carbocycles. The van der Waals surface area contributed by atoms with Crippen molar-refractivity contribution in [2.75, 3.05) is 0 Å². The van der Waals surface area contributed by atoms with Crippen molar-refractivity contribution in [2.24, 2.45) is 0 Å². The second-order valence-corrected chi connectivity index (χ2v) is 9.51. The number of hydrogen-bond donors (Lipinski definition) is 0. The number of rotatable bonds is 4. The zero-order valence-corrected chi connectivity index (χ0v) is 24.8. The molecule has 0 aliphatic heterocycles. The van der Waals surface area contributed by atoms with Gasteiger partial charge < -0.3 is 8.83 Å². The van der Waals surface area contributed by atoms with E-state index in [1.54, 1.807) is 0 Å². The summed E-state index contributed by atoms with van der Waals surface area (Å²) in [5.41, 5.74) is 5.30. The lowest BCUT2D eigenvalue weighted by Crippen LogP contribution is -1.99. The van der Waals surface area contributed by atoms with Crippen molar-refractivity contribution < 1.29 is 8.83 Å². The topological polar surface area (TPSA) is 65.0 Å². The number of benzene rings is 4. The molecular formula is C37H35N3O2. The van der Waals surface area contributed by atoms with Gasteiger partial charge in [0.2, 0.25) is 0 Å². The molecule has 4 aromatic carbocycles. The Morgan fingerprint density at radius 3 is 1.55 bits per heavy atom. The number of fused-ring (bicyclic) bond motifs is 6. The fourth-order valence-corrected chi connectivity index (χ4v) is 4.80. The first-order chi connectivity index (χ1) is 20.6. The Hall–Kier alpha value is -5.03. The Kier molecular flexibility index (Phi) is 8.88. The van der Waals surface area contributed by atoms with Crippen LogP contribution in [0.2, 0.25) is 0 Å². The van der Waals surface area contributed by atoms with Crippen molar-refractivity contribution in [3.8, 4) is 22.8 Å². The van der Waals surface area contributed by atoms with Crippen LogP contribution in [0.1, 0.15) is 39.9 Å². The summed E-state index contributed by atoms with van der Waals surface area (Å²) in [6.07, 6.45) is 9.36. The lowest BCUT2D eigenvalue weighted by molar-refractivity contribution is 0.668. The Bertz CT molecular complexity index is 1900. The SMILES string of the molecule is C/C=C\C=C/CC.CC.Cc1nc(-c2ccc3oc4ccccc4c3c2)nc(-c2ccc3oc4ccccc4c3c2)n1. The summed E-state index contributed by atoms with van der Waals surface area (Å²) in [6.45, 7) is 10.0. The summed E-state index contributed by atoms with van der Waals surface area (Å²) in [4.78, 5) is 14.1. The molecule has 7 aromatic rings. The predicted octanol–water partition coefficient (Wildman–Crippen LogP) is 10.9. The standard InChI is InChI=1S/C28H17N3O2.C7H12.C2H6/c1-16-29-27(17-10-12-25-21(14-17)19-6-2-4-8-23(19)32-25)31-28(30-16)18-11-13-26-22(15-18)20-7-3-5-9-24(20)33-26;1-3-5-7-6-4-2;1-2/h2-15H,1H3;3,5-7H,4H2,1-2H3;1-2H3/b;5-3-,7-6-;. The first kappa shape index (κ1) is 28.5. The van der Waals surface area contributed by atoms with Crippen LogP contribution in [-0.4, -0.2) is 15.0 Å². The summed E-state index contributed by atoms with van der Waals surface area (Å²) < 4.78 is 11.9. The van der Waals surface area contributed by atoms with Crippen LogP contribution in [0.15, 0.2) is 118 Å². The maximum Gasteiger partial charge on any atom is 0.163 e. The third-order valence-corrected chi connectivity index (χ3v) is 6.69.